The molecule has 0 spiro atoms. The number of benzene rings is 1. The van der Waals surface area contributed by atoms with Crippen molar-refractivity contribution in [1.29, 1.82) is 0 Å². The van der Waals surface area contributed by atoms with Crippen molar-refractivity contribution in [2.75, 3.05) is 32.7 Å². The first-order valence-corrected chi connectivity index (χ1v) is 8.88. The Morgan fingerprint density at radius 3 is 2.36 bits per heavy atom. The number of piperazine rings is 1. The summed E-state index contributed by atoms with van der Waals surface area (Å²) in [4.78, 5) is 17.0. The Bertz CT molecular complexity index is 460. The van der Waals surface area contributed by atoms with E-state index in [-0.39, 0.29) is 0 Å². The summed E-state index contributed by atoms with van der Waals surface area (Å²) in [5, 5.41) is 0. The lowest BCUT2D eigenvalue weighted by atomic mass is 10.1. The molecule has 3 heteroatoms. The predicted molar refractivity (Wildman–Crippen MR) is 89.7 cm³/mol. The highest BCUT2D eigenvalue weighted by Gasteiger charge is 2.29. The van der Waals surface area contributed by atoms with Crippen molar-refractivity contribution in [3.8, 4) is 0 Å². The molecule has 2 fully saturated rings. The van der Waals surface area contributed by atoms with Crippen LogP contribution in [0.25, 0.3) is 0 Å². The molecule has 1 aromatic carbocycles. The summed E-state index contributed by atoms with van der Waals surface area (Å²) in [7, 11) is 0. The maximum Gasteiger partial charge on any atom is 0.225 e. The van der Waals surface area contributed by atoms with Gasteiger partial charge >= 0.3 is 0 Å². The Hall–Kier alpha value is -1.35. The highest BCUT2D eigenvalue weighted by molar-refractivity contribution is 5.79. The Morgan fingerprint density at radius 1 is 1.00 bits per heavy atom. The molecule has 1 heterocycles. The number of hydrogen-bond donors (Lipinski definition) is 0. The van der Waals surface area contributed by atoms with Crippen molar-refractivity contribution in [3.05, 3.63) is 35.9 Å². The third-order valence-electron chi connectivity index (χ3n) is 5.17. The fraction of sp³-hybridized carbons (Fsp3) is 0.632. The zero-order valence-electron chi connectivity index (χ0n) is 13.5. The molecule has 0 bridgehead atoms. The van der Waals surface area contributed by atoms with Gasteiger partial charge in [0.05, 0.1) is 0 Å². The van der Waals surface area contributed by atoms with E-state index in [1.807, 2.05) is 0 Å². The summed E-state index contributed by atoms with van der Waals surface area (Å²) in [5.74, 6) is 0.770. The molecule has 1 saturated carbocycles. The van der Waals surface area contributed by atoms with Gasteiger partial charge in [-0.1, -0.05) is 43.2 Å². The third kappa shape index (κ3) is 4.10. The van der Waals surface area contributed by atoms with E-state index in [9.17, 15) is 4.79 Å². The van der Waals surface area contributed by atoms with Gasteiger partial charge in [0.2, 0.25) is 5.91 Å². The van der Waals surface area contributed by atoms with Gasteiger partial charge in [-0.3, -0.25) is 9.69 Å². The molecule has 0 radical (unpaired) electrons. The average Bonchev–Trinajstić information content (AvgIpc) is 3.10. The first-order valence-electron chi connectivity index (χ1n) is 8.88. The van der Waals surface area contributed by atoms with Gasteiger partial charge in [0.15, 0.2) is 0 Å². The van der Waals surface area contributed by atoms with E-state index in [1.54, 1.807) is 0 Å². The Balaban J connectivity index is 1.36. The molecule has 3 rings (SSSR count). The zero-order valence-corrected chi connectivity index (χ0v) is 13.5. The second kappa shape index (κ2) is 7.77. The van der Waals surface area contributed by atoms with Crippen LogP contribution in [0.15, 0.2) is 30.3 Å². The summed E-state index contributed by atoms with van der Waals surface area (Å²) < 4.78 is 0. The lowest BCUT2D eigenvalue weighted by Gasteiger charge is -2.36. The number of hydrogen-bond acceptors (Lipinski definition) is 2. The Kier molecular flexibility index (Phi) is 5.49. The zero-order chi connectivity index (χ0) is 15.2. The molecule has 0 atom stereocenters. The first kappa shape index (κ1) is 15.5. The van der Waals surface area contributed by atoms with Crippen LogP contribution in [0.5, 0.6) is 0 Å². The maximum atomic E-state index is 12.4. The van der Waals surface area contributed by atoms with Crippen LogP contribution in [0.1, 0.15) is 37.7 Å². The van der Waals surface area contributed by atoms with Gasteiger partial charge in [-0.25, -0.2) is 0 Å². The van der Waals surface area contributed by atoms with E-state index in [0.717, 1.165) is 52.0 Å². The van der Waals surface area contributed by atoms with Crippen molar-refractivity contribution in [3.63, 3.8) is 0 Å². The van der Waals surface area contributed by atoms with E-state index in [2.05, 4.69) is 40.1 Å². The molecule has 2 aliphatic rings. The number of rotatable bonds is 5. The molecule has 1 aromatic rings. The molecule has 0 N–H and O–H groups in total. The summed E-state index contributed by atoms with van der Waals surface area (Å²) in [6.07, 6.45) is 7.10. The molecular formula is C19H28N2O. The summed E-state index contributed by atoms with van der Waals surface area (Å²) in [5.41, 5.74) is 1.43. The van der Waals surface area contributed by atoms with Crippen molar-refractivity contribution in [1.82, 2.24) is 9.80 Å². The lowest BCUT2D eigenvalue weighted by molar-refractivity contribution is -0.137. The van der Waals surface area contributed by atoms with Crippen LogP contribution in [0.4, 0.5) is 0 Å². The maximum absolute atomic E-state index is 12.4. The van der Waals surface area contributed by atoms with Crippen LogP contribution in [-0.4, -0.2) is 48.4 Å². The molecule has 0 aromatic heterocycles. The molecule has 1 aliphatic heterocycles. The second-order valence-electron chi connectivity index (χ2n) is 6.74. The Labute approximate surface area is 134 Å². The van der Waals surface area contributed by atoms with E-state index in [4.69, 9.17) is 0 Å². The van der Waals surface area contributed by atoms with E-state index >= 15 is 0 Å². The van der Waals surface area contributed by atoms with Crippen molar-refractivity contribution >= 4 is 5.91 Å². The predicted octanol–water partition coefficient (Wildman–Crippen LogP) is 2.95. The second-order valence-corrected chi connectivity index (χ2v) is 6.74. The fourth-order valence-electron chi connectivity index (χ4n) is 3.77. The summed E-state index contributed by atoms with van der Waals surface area (Å²) in [6.45, 7) is 5.11. The highest BCUT2D eigenvalue weighted by atomic mass is 16.2. The van der Waals surface area contributed by atoms with Gasteiger partial charge < -0.3 is 4.90 Å². The molecule has 3 nitrogen and oxygen atoms in total. The van der Waals surface area contributed by atoms with Gasteiger partial charge in [0.1, 0.15) is 0 Å². The standard InChI is InChI=1S/C19H28N2O/c22-19(18-10-4-5-11-18)21-15-13-20(14-16-21)12-6-9-17-7-2-1-3-8-17/h1-3,7-8,18H,4-6,9-16H2. The van der Waals surface area contributed by atoms with E-state index in [0.29, 0.717) is 11.8 Å². The van der Waals surface area contributed by atoms with Gasteiger partial charge in [0.25, 0.3) is 0 Å². The minimum Gasteiger partial charge on any atom is -0.340 e. The number of amides is 1. The Morgan fingerprint density at radius 2 is 1.68 bits per heavy atom. The lowest BCUT2D eigenvalue weighted by Crippen LogP contribution is -2.50. The van der Waals surface area contributed by atoms with Crippen LogP contribution >= 0.6 is 0 Å². The first-order chi connectivity index (χ1) is 10.8. The number of aryl methyl sites for hydroxylation is 1. The van der Waals surface area contributed by atoms with Crippen LogP contribution in [-0.2, 0) is 11.2 Å². The van der Waals surface area contributed by atoms with Gasteiger partial charge in [-0.15, -0.1) is 0 Å². The normalized spacial score (nSPS) is 20.5. The van der Waals surface area contributed by atoms with E-state index < -0.39 is 0 Å². The molecule has 22 heavy (non-hydrogen) atoms. The summed E-state index contributed by atoms with van der Waals surface area (Å²) >= 11 is 0. The van der Waals surface area contributed by atoms with Gasteiger partial charge in [-0.2, -0.15) is 0 Å². The molecule has 1 amide bonds. The molecule has 1 saturated heterocycles. The third-order valence-corrected chi connectivity index (χ3v) is 5.17. The molecule has 0 unspecified atom stereocenters. The SMILES string of the molecule is O=C(C1CCCC1)N1CCN(CCCc2ccccc2)CC1. The average molecular weight is 300 g/mol. The smallest absolute Gasteiger partial charge is 0.225 e. The quantitative estimate of drug-likeness (QED) is 0.834. The van der Waals surface area contributed by atoms with Crippen molar-refractivity contribution in [2.24, 2.45) is 5.92 Å². The van der Waals surface area contributed by atoms with Crippen molar-refractivity contribution < 1.29 is 4.79 Å². The number of carbonyl (C=O) groups excluding carboxylic acids is 1. The topological polar surface area (TPSA) is 23.6 Å². The summed E-state index contributed by atoms with van der Waals surface area (Å²) in [6, 6.07) is 10.7. The highest BCUT2D eigenvalue weighted by Crippen LogP contribution is 2.26. The molecular weight excluding hydrogens is 272 g/mol. The van der Waals surface area contributed by atoms with Gasteiger partial charge in [0, 0.05) is 32.1 Å². The minimum atomic E-state index is 0.338. The number of nitrogens with zero attached hydrogens (tertiary/aromatic N) is 2. The number of carbonyl (C=O) groups is 1. The fourth-order valence-corrected chi connectivity index (χ4v) is 3.77. The van der Waals surface area contributed by atoms with Crippen LogP contribution < -0.4 is 0 Å². The monoisotopic (exact) mass is 300 g/mol. The minimum absolute atomic E-state index is 0.338. The van der Waals surface area contributed by atoms with Crippen LogP contribution in [0, 0.1) is 5.92 Å². The van der Waals surface area contributed by atoms with Crippen LogP contribution in [0.3, 0.4) is 0 Å². The largest absolute Gasteiger partial charge is 0.340 e. The van der Waals surface area contributed by atoms with Crippen molar-refractivity contribution in [2.45, 2.75) is 38.5 Å². The van der Waals surface area contributed by atoms with Gasteiger partial charge in [-0.05, 0) is 37.8 Å². The van der Waals surface area contributed by atoms with E-state index in [1.165, 1.54) is 24.8 Å². The molecule has 120 valence electrons. The molecule has 1 aliphatic carbocycles. The van der Waals surface area contributed by atoms with Crippen LogP contribution in [0.2, 0.25) is 0 Å².